The number of anilines is 2. The van der Waals surface area contributed by atoms with E-state index in [1.807, 2.05) is 0 Å². The maximum absolute atomic E-state index is 11.9. The predicted molar refractivity (Wildman–Crippen MR) is 54.9 cm³/mol. The average molecular weight is 232 g/mol. The molecule has 0 atom stereocenters. The first-order valence-corrected chi connectivity index (χ1v) is 4.51. The van der Waals surface area contributed by atoms with E-state index in [1.165, 1.54) is 6.07 Å². The van der Waals surface area contributed by atoms with Gasteiger partial charge in [0.25, 0.3) is 0 Å². The number of nitrogen functional groups attached to an aromatic ring is 1. The minimum atomic E-state index is -4.50. The van der Waals surface area contributed by atoms with Crippen molar-refractivity contribution < 1.29 is 18.0 Å². The molecule has 0 aliphatic heterocycles. The molecule has 0 bridgehead atoms. The van der Waals surface area contributed by atoms with Gasteiger partial charge >= 0.3 is 6.18 Å². The molecule has 0 radical (unpaired) electrons. The van der Waals surface area contributed by atoms with E-state index in [1.54, 1.807) is 19.1 Å². The zero-order valence-corrected chi connectivity index (χ0v) is 8.56. The maximum Gasteiger partial charge on any atom is 0.397 e. The van der Waals surface area contributed by atoms with Crippen LogP contribution in [0.4, 0.5) is 24.5 Å². The summed E-state index contributed by atoms with van der Waals surface area (Å²) in [6.45, 7) is 1.62. The summed E-state index contributed by atoms with van der Waals surface area (Å²) in [7, 11) is 0. The number of hydrogen-bond acceptors (Lipinski definition) is 2. The fraction of sp³-hybridized carbons (Fsp3) is 0.300. The fourth-order valence-electron chi connectivity index (χ4n) is 1.17. The Morgan fingerprint density at radius 1 is 1.44 bits per heavy atom. The number of nitrogens with one attached hydrogen (secondary N) is 1. The molecule has 3 nitrogen and oxygen atoms in total. The number of amides is 1. The van der Waals surface area contributed by atoms with Gasteiger partial charge < -0.3 is 11.1 Å². The Labute approximate surface area is 90.4 Å². The van der Waals surface area contributed by atoms with Gasteiger partial charge in [-0.15, -0.1) is 0 Å². The standard InChI is InChI=1S/C10H11F3N2O/c1-6-7(14)3-2-4-8(6)15-9(16)5-10(11,12)13/h2-4H,5,14H2,1H3,(H,15,16). The Morgan fingerprint density at radius 2 is 2.06 bits per heavy atom. The van der Waals surface area contributed by atoms with Gasteiger partial charge in [0.2, 0.25) is 5.91 Å². The lowest BCUT2D eigenvalue weighted by atomic mass is 10.1. The van der Waals surface area contributed by atoms with Crippen LogP contribution in [0.1, 0.15) is 12.0 Å². The molecule has 0 spiro atoms. The lowest BCUT2D eigenvalue weighted by Crippen LogP contribution is -2.21. The Kier molecular flexibility index (Phi) is 3.41. The highest BCUT2D eigenvalue weighted by molar-refractivity contribution is 5.92. The summed E-state index contributed by atoms with van der Waals surface area (Å²) in [5, 5.41) is 2.17. The van der Waals surface area contributed by atoms with Gasteiger partial charge in [0.15, 0.2) is 0 Å². The maximum atomic E-state index is 11.9. The van der Waals surface area contributed by atoms with Crippen LogP contribution >= 0.6 is 0 Å². The van der Waals surface area contributed by atoms with E-state index < -0.39 is 18.5 Å². The van der Waals surface area contributed by atoms with Gasteiger partial charge in [-0.25, -0.2) is 0 Å². The van der Waals surface area contributed by atoms with Crippen LogP contribution in [-0.4, -0.2) is 12.1 Å². The molecule has 0 unspecified atom stereocenters. The van der Waals surface area contributed by atoms with E-state index in [-0.39, 0.29) is 0 Å². The Hall–Kier alpha value is -1.72. The molecule has 1 aromatic rings. The molecular formula is C10H11F3N2O. The van der Waals surface area contributed by atoms with Crippen molar-refractivity contribution >= 4 is 17.3 Å². The van der Waals surface area contributed by atoms with Crippen molar-refractivity contribution in [3.8, 4) is 0 Å². The van der Waals surface area contributed by atoms with Gasteiger partial charge in [0.05, 0.1) is 0 Å². The topological polar surface area (TPSA) is 55.1 Å². The van der Waals surface area contributed by atoms with E-state index >= 15 is 0 Å². The number of benzene rings is 1. The minimum absolute atomic E-state index is 0.300. The molecule has 1 rings (SSSR count). The van der Waals surface area contributed by atoms with E-state index in [0.29, 0.717) is 16.9 Å². The highest BCUT2D eigenvalue weighted by atomic mass is 19.4. The van der Waals surface area contributed by atoms with Crippen molar-refractivity contribution in [2.45, 2.75) is 19.5 Å². The molecule has 1 amide bonds. The molecule has 88 valence electrons. The van der Waals surface area contributed by atoms with Gasteiger partial charge in [-0.1, -0.05) is 6.07 Å². The normalized spacial score (nSPS) is 11.2. The summed E-state index contributed by atoms with van der Waals surface area (Å²) in [4.78, 5) is 11.0. The lowest BCUT2D eigenvalue weighted by Gasteiger charge is -2.11. The molecule has 6 heteroatoms. The molecule has 3 N–H and O–H groups in total. The first-order valence-electron chi connectivity index (χ1n) is 4.51. The molecule has 1 aromatic carbocycles. The third-order valence-corrected chi connectivity index (χ3v) is 2.01. The molecule has 0 fully saturated rings. The SMILES string of the molecule is Cc1c(N)cccc1NC(=O)CC(F)(F)F. The minimum Gasteiger partial charge on any atom is -0.398 e. The quantitative estimate of drug-likeness (QED) is 0.769. The van der Waals surface area contributed by atoms with Gasteiger partial charge in [0, 0.05) is 11.4 Å². The molecule has 16 heavy (non-hydrogen) atoms. The molecule has 0 saturated heterocycles. The zero-order valence-electron chi connectivity index (χ0n) is 8.56. The second-order valence-corrected chi connectivity index (χ2v) is 3.36. The number of halogens is 3. The summed E-state index contributed by atoms with van der Waals surface area (Å²) in [6.07, 6.45) is -6.00. The predicted octanol–water partition coefficient (Wildman–Crippen LogP) is 2.47. The molecule has 0 saturated carbocycles. The van der Waals surface area contributed by atoms with Crippen LogP contribution in [-0.2, 0) is 4.79 Å². The van der Waals surface area contributed by atoms with Crippen molar-refractivity contribution in [2.24, 2.45) is 0 Å². The van der Waals surface area contributed by atoms with E-state index in [2.05, 4.69) is 5.32 Å². The van der Waals surface area contributed by atoms with Gasteiger partial charge in [-0.3, -0.25) is 4.79 Å². The summed E-state index contributed by atoms with van der Waals surface area (Å²) < 4.78 is 35.7. The lowest BCUT2D eigenvalue weighted by molar-refractivity contribution is -0.150. The summed E-state index contributed by atoms with van der Waals surface area (Å²) in [6, 6.07) is 4.67. The Bertz CT molecular complexity index is 402. The number of carbonyl (C=O) groups excluding carboxylic acids is 1. The van der Waals surface area contributed by atoms with Crippen LogP contribution < -0.4 is 11.1 Å². The summed E-state index contributed by atoms with van der Waals surface area (Å²) >= 11 is 0. The molecule has 0 aliphatic carbocycles. The summed E-state index contributed by atoms with van der Waals surface area (Å²) in [5.74, 6) is -1.10. The van der Waals surface area contributed by atoms with Crippen molar-refractivity contribution in [2.75, 3.05) is 11.1 Å². The third kappa shape index (κ3) is 3.45. The first kappa shape index (κ1) is 12.4. The molecular weight excluding hydrogens is 221 g/mol. The second-order valence-electron chi connectivity index (χ2n) is 3.36. The van der Waals surface area contributed by atoms with Crippen molar-refractivity contribution in [1.82, 2.24) is 0 Å². The highest BCUT2D eigenvalue weighted by Crippen LogP contribution is 2.23. The Morgan fingerprint density at radius 3 is 2.62 bits per heavy atom. The monoisotopic (exact) mass is 232 g/mol. The van der Waals surface area contributed by atoms with Gasteiger partial charge in [0.1, 0.15) is 6.42 Å². The third-order valence-electron chi connectivity index (χ3n) is 2.01. The molecule has 0 aromatic heterocycles. The highest BCUT2D eigenvalue weighted by Gasteiger charge is 2.31. The van der Waals surface area contributed by atoms with E-state index in [9.17, 15) is 18.0 Å². The van der Waals surface area contributed by atoms with Crippen molar-refractivity contribution in [3.63, 3.8) is 0 Å². The second kappa shape index (κ2) is 4.42. The van der Waals surface area contributed by atoms with Gasteiger partial charge in [-0.05, 0) is 24.6 Å². The van der Waals surface area contributed by atoms with Crippen LogP contribution in [0.25, 0.3) is 0 Å². The average Bonchev–Trinajstić information content (AvgIpc) is 2.09. The Balaban J connectivity index is 2.74. The number of nitrogens with two attached hydrogens (primary N) is 1. The van der Waals surface area contributed by atoms with Crippen LogP contribution in [0.15, 0.2) is 18.2 Å². The van der Waals surface area contributed by atoms with E-state index in [0.717, 1.165) is 0 Å². The number of hydrogen-bond donors (Lipinski definition) is 2. The molecule has 0 aliphatic rings. The fourth-order valence-corrected chi connectivity index (χ4v) is 1.17. The van der Waals surface area contributed by atoms with Crippen LogP contribution in [0, 0.1) is 6.92 Å². The number of alkyl halides is 3. The van der Waals surface area contributed by atoms with Gasteiger partial charge in [-0.2, -0.15) is 13.2 Å². The van der Waals surface area contributed by atoms with Crippen LogP contribution in [0.5, 0.6) is 0 Å². The van der Waals surface area contributed by atoms with Crippen LogP contribution in [0.2, 0.25) is 0 Å². The van der Waals surface area contributed by atoms with E-state index in [4.69, 9.17) is 5.73 Å². The van der Waals surface area contributed by atoms with Crippen LogP contribution in [0.3, 0.4) is 0 Å². The van der Waals surface area contributed by atoms with Crippen molar-refractivity contribution in [3.05, 3.63) is 23.8 Å². The van der Waals surface area contributed by atoms with Crippen molar-refractivity contribution in [1.29, 1.82) is 0 Å². The number of carbonyl (C=O) groups is 1. The summed E-state index contributed by atoms with van der Waals surface area (Å²) in [5.41, 5.74) is 6.83. The molecule has 0 heterocycles. The largest absolute Gasteiger partial charge is 0.398 e. The smallest absolute Gasteiger partial charge is 0.397 e. The zero-order chi connectivity index (χ0) is 12.3. The first-order chi connectivity index (χ1) is 7.29. The number of rotatable bonds is 2.